The van der Waals surface area contributed by atoms with Crippen molar-refractivity contribution in [3.05, 3.63) is 64.8 Å². The first-order valence-corrected chi connectivity index (χ1v) is 16.0. The summed E-state index contributed by atoms with van der Waals surface area (Å²) in [5.74, 6) is 5.85. The summed E-state index contributed by atoms with van der Waals surface area (Å²) in [5, 5.41) is 8.20. The summed E-state index contributed by atoms with van der Waals surface area (Å²) in [6.45, 7) is 6.59. The summed E-state index contributed by atoms with van der Waals surface area (Å²) < 4.78 is 24.7. The van der Waals surface area contributed by atoms with Gasteiger partial charge in [0.25, 0.3) is 0 Å². The van der Waals surface area contributed by atoms with Crippen LogP contribution in [0, 0.1) is 6.92 Å². The van der Waals surface area contributed by atoms with Crippen LogP contribution in [-0.4, -0.2) is 51.2 Å². The molecule has 0 aliphatic rings. The van der Waals surface area contributed by atoms with Gasteiger partial charge in [-0.25, -0.2) is 4.98 Å². The van der Waals surface area contributed by atoms with Crippen molar-refractivity contribution in [2.75, 3.05) is 25.8 Å². The molecule has 0 saturated heterocycles. The summed E-state index contributed by atoms with van der Waals surface area (Å²) >= 11 is 3.58. The second-order valence-corrected chi connectivity index (χ2v) is 12.8. The first kappa shape index (κ1) is 30.5. The quantitative estimate of drug-likeness (QED) is 0.189. The number of hydrogen-bond acceptors (Lipinski definition) is 6. The number of aryl methyl sites for hydroxylation is 1. The lowest BCUT2D eigenvalue weighted by atomic mass is 10.0. The van der Waals surface area contributed by atoms with E-state index in [0.29, 0.717) is 22.4 Å². The number of ether oxygens (including phenoxy) is 2. The van der Waals surface area contributed by atoms with Gasteiger partial charge < -0.3 is 14.8 Å². The van der Waals surface area contributed by atoms with Gasteiger partial charge in [0, 0.05) is 23.9 Å². The fraction of sp³-hybridized carbons (Fsp3) is 0.367. The molecule has 2 aromatic carbocycles. The van der Waals surface area contributed by atoms with Crippen LogP contribution in [0.15, 0.2) is 64.1 Å². The maximum absolute atomic E-state index is 11.8. The normalized spacial score (nSPS) is 12.5. The molecule has 7 nitrogen and oxygen atoms in total. The summed E-state index contributed by atoms with van der Waals surface area (Å²) in [5.41, 5.74) is 4.19. The van der Waals surface area contributed by atoms with Crippen molar-refractivity contribution in [3.63, 3.8) is 0 Å². The van der Waals surface area contributed by atoms with Crippen LogP contribution in [0.2, 0.25) is 0 Å². The summed E-state index contributed by atoms with van der Waals surface area (Å²) in [4.78, 5) is 5.42. The highest BCUT2D eigenvalue weighted by atomic mass is 79.9. The van der Waals surface area contributed by atoms with E-state index in [1.165, 1.54) is 25.5 Å². The van der Waals surface area contributed by atoms with E-state index in [1.54, 1.807) is 31.6 Å². The minimum atomic E-state index is -2.28. The van der Waals surface area contributed by atoms with Crippen LogP contribution in [0.5, 0.6) is 11.5 Å². The van der Waals surface area contributed by atoms with Crippen molar-refractivity contribution >= 4 is 42.8 Å². The lowest BCUT2D eigenvalue weighted by Crippen LogP contribution is -2.21. The van der Waals surface area contributed by atoms with Crippen molar-refractivity contribution in [1.82, 2.24) is 14.6 Å². The zero-order valence-corrected chi connectivity index (χ0v) is 26.1. The third-order valence-electron chi connectivity index (χ3n) is 6.31. The Kier molecular flexibility index (Phi) is 10.8. The number of halogens is 1. The Bertz CT molecular complexity index is 1500. The van der Waals surface area contributed by atoms with Crippen molar-refractivity contribution in [2.45, 2.75) is 57.4 Å². The molecule has 4 aromatic rings. The molecule has 0 spiro atoms. The molecular weight excluding hydrogens is 576 g/mol. The summed E-state index contributed by atoms with van der Waals surface area (Å²) in [6, 6.07) is 16.1. The first-order valence-electron chi connectivity index (χ1n) is 13.0. The molecule has 4 rings (SSSR count). The maximum atomic E-state index is 11.8. The molecular formula is C30H39BrN4O3S. The molecule has 0 aliphatic heterocycles. The topological polar surface area (TPSA) is 77.8 Å². The van der Waals surface area contributed by atoms with Gasteiger partial charge in [-0.1, -0.05) is 51.0 Å². The molecule has 0 radical (unpaired) electrons. The van der Waals surface area contributed by atoms with Crippen LogP contribution >= 0.6 is 15.9 Å². The Morgan fingerprint density at radius 2 is 1.77 bits per heavy atom. The SMILES string of the molecule is C=S(C)(=O)c1cc(OC)ccc1OC.CCCC(CCC)Nc1cc(-c2ccccc2C)nc2c(Br)cnn12. The molecule has 2 aromatic heterocycles. The Morgan fingerprint density at radius 1 is 1.08 bits per heavy atom. The van der Waals surface area contributed by atoms with Crippen LogP contribution in [0.3, 0.4) is 0 Å². The molecule has 0 bridgehead atoms. The van der Waals surface area contributed by atoms with E-state index < -0.39 is 9.52 Å². The lowest BCUT2D eigenvalue weighted by Gasteiger charge is -2.20. The maximum Gasteiger partial charge on any atom is 0.172 e. The smallest absolute Gasteiger partial charge is 0.172 e. The monoisotopic (exact) mass is 614 g/mol. The Labute approximate surface area is 241 Å². The highest BCUT2D eigenvalue weighted by molar-refractivity contribution is 9.10. The largest absolute Gasteiger partial charge is 0.497 e. The van der Waals surface area contributed by atoms with Crippen molar-refractivity contribution in [3.8, 4) is 22.8 Å². The van der Waals surface area contributed by atoms with Gasteiger partial charge in [0.1, 0.15) is 17.3 Å². The van der Waals surface area contributed by atoms with Crippen LogP contribution in [0.25, 0.3) is 16.9 Å². The molecule has 39 heavy (non-hydrogen) atoms. The predicted molar refractivity (Wildman–Crippen MR) is 167 cm³/mol. The third-order valence-corrected chi connectivity index (χ3v) is 8.12. The molecule has 0 fully saturated rings. The standard InChI is InChI=1S/C20H25BrN4.C10H14O3S/c1-4-8-15(9-5-2)23-19-12-18(16-11-7-6-10-14(16)3)24-20-17(21)13-22-25(19)20;1-12-8-5-6-9(13-2)10(7-8)14(3,4)11/h6-7,10-13,15,23H,4-5,8-9H2,1-3H3;5-7H,3H2,1-2,4H3. The Hall–Kier alpha value is -3.04. The first-order chi connectivity index (χ1) is 18.6. The van der Waals surface area contributed by atoms with Gasteiger partial charge in [-0.05, 0) is 74.9 Å². The lowest BCUT2D eigenvalue weighted by molar-refractivity contribution is 0.393. The second-order valence-electron chi connectivity index (χ2n) is 9.51. The van der Waals surface area contributed by atoms with E-state index in [2.05, 4.69) is 83.3 Å². The minimum Gasteiger partial charge on any atom is -0.497 e. The van der Waals surface area contributed by atoms with Crippen LogP contribution in [0.1, 0.15) is 45.1 Å². The van der Waals surface area contributed by atoms with Crippen molar-refractivity contribution < 1.29 is 13.7 Å². The minimum absolute atomic E-state index is 0.452. The average molecular weight is 616 g/mol. The van der Waals surface area contributed by atoms with E-state index in [-0.39, 0.29) is 0 Å². The van der Waals surface area contributed by atoms with E-state index in [9.17, 15) is 4.21 Å². The second kappa shape index (κ2) is 13.8. The van der Waals surface area contributed by atoms with E-state index in [4.69, 9.17) is 14.5 Å². The zero-order chi connectivity index (χ0) is 28.6. The number of aromatic nitrogens is 3. The molecule has 0 amide bonds. The van der Waals surface area contributed by atoms with Crippen LogP contribution in [-0.2, 0) is 9.52 Å². The molecule has 0 saturated carbocycles. The van der Waals surface area contributed by atoms with Gasteiger partial charge in [0.2, 0.25) is 0 Å². The van der Waals surface area contributed by atoms with E-state index in [0.717, 1.165) is 40.0 Å². The van der Waals surface area contributed by atoms with Crippen molar-refractivity contribution in [1.29, 1.82) is 0 Å². The fourth-order valence-electron chi connectivity index (χ4n) is 4.35. The van der Waals surface area contributed by atoms with Crippen molar-refractivity contribution in [2.24, 2.45) is 0 Å². The van der Waals surface area contributed by atoms with Gasteiger partial charge in [-0.2, -0.15) is 9.61 Å². The molecule has 210 valence electrons. The van der Waals surface area contributed by atoms with Gasteiger partial charge in [0.15, 0.2) is 5.65 Å². The number of benzene rings is 2. The highest BCUT2D eigenvalue weighted by Crippen LogP contribution is 2.29. The van der Waals surface area contributed by atoms with Crippen LogP contribution < -0.4 is 14.8 Å². The Balaban J connectivity index is 0.000000255. The molecule has 1 atom stereocenters. The fourth-order valence-corrected chi connectivity index (χ4v) is 5.64. The van der Waals surface area contributed by atoms with E-state index >= 15 is 0 Å². The number of fused-ring (bicyclic) bond motifs is 1. The summed E-state index contributed by atoms with van der Waals surface area (Å²) in [6.07, 6.45) is 8.02. The molecule has 0 aliphatic carbocycles. The third kappa shape index (κ3) is 7.76. The average Bonchev–Trinajstić information content (AvgIpc) is 3.29. The Morgan fingerprint density at radius 3 is 2.36 bits per heavy atom. The molecule has 9 heteroatoms. The predicted octanol–water partition coefficient (Wildman–Crippen LogP) is 7.26. The van der Waals surface area contributed by atoms with Gasteiger partial charge in [-0.3, -0.25) is 4.21 Å². The number of nitrogens with one attached hydrogen (secondary N) is 1. The van der Waals surface area contributed by atoms with Gasteiger partial charge in [-0.15, -0.1) is 0 Å². The molecule has 1 N–H and O–H groups in total. The number of rotatable bonds is 10. The number of methoxy groups -OCH3 is 2. The zero-order valence-electron chi connectivity index (χ0n) is 23.7. The van der Waals surface area contributed by atoms with Crippen LogP contribution in [0.4, 0.5) is 5.82 Å². The number of hydrogen-bond donors (Lipinski definition) is 1. The van der Waals surface area contributed by atoms with Gasteiger partial charge in [0.05, 0.1) is 35.5 Å². The number of nitrogens with zero attached hydrogens (tertiary/aromatic N) is 3. The summed E-state index contributed by atoms with van der Waals surface area (Å²) in [7, 11) is 0.817. The number of anilines is 1. The highest BCUT2D eigenvalue weighted by Gasteiger charge is 2.15. The molecule has 2 heterocycles. The van der Waals surface area contributed by atoms with Gasteiger partial charge >= 0.3 is 0 Å². The molecule has 1 unspecified atom stereocenters. The van der Waals surface area contributed by atoms with E-state index in [1.807, 2.05) is 10.7 Å².